The molecule has 0 bridgehead atoms. The molecule has 5 heteroatoms. The van der Waals surface area contributed by atoms with Crippen LogP contribution in [0.25, 0.3) is 0 Å². The Balaban J connectivity index is 1.51. The van der Waals surface area contributed by atoms with Crippen molar-refractivity contribution in [1.29, 1.82) is 0 Å². The molecule has 4 nitrogen and oxygen atoms in total. The van der Waals surface area contributed by atoms with Crippen molar-refractivity contribution in [2.75, 3.05) is 18.5 Å². The molecule has 0 radical (unpaired) electrons. The molecule has 23 heavy (non-hydrogen) atoms. The highest BCUT2D eigenvalue weighted by atomic mass is 35.5. The van der Waals surface area contributed by atoms with Crippen LogP contribution in [0, 0.1) is 5.92 Å². The number of nitrogens with zero attached hydrogens (tertiary/aromatic N) is 1. The Labute approximate surface area is 141 Å². The van der Waals surface area contributed by atoms with Crippen molar-refractivity contribution in [2.24, 2.45) is 5.92 Å². The van der Waals surface area contributed by atoms with Gasteiger partial charge in [0.1, 0.15) is 0 Å². The number of halogens is 1. The van der Waals surface area contributed by atoms with Gasteiger partial charge in [0.2, 0.25) is 0 Å². The molecular formula is C18H21ClN2O2. The standard InChI is InChI=1S/C18H21ClN2O2/c19-15-6-2-4-13(9-15)3-1-5-14-10-20-18-17(23-12-14)8-7-16(11-22)21-18/h2,4,6-9,14,22H,1,3,5,10-12H2,(H,20,21). The molecule has 0 saturated carbocycles. The number of aliphatic hydroxyl groups excluding tert-OH is 1. The first kappa shape index (κ1) is 16.1. The Morgan fingerprint density at radius 3 is 3.04 bits per heavy atom. The lowest BCUT2D eigenvalue weighted by Gasteiger charge is -2.13. The Hall–Kier alpha value is -1.78. The number of benzene rings is 1. The largest absolute Gasteiger partial charge is 0.489 e. The minimum absolute atomic E-state index is 0.0575. The van der Waals surface area contributed by atoms with Crippen LogP contribution in [-0.2, 0) is 13.0 Å². The highest BCUT2D eigenvalue weighted by molar-refractivity contribution is 6.30. The lowest BCUT2D eigenvalue weighted by molar-refractivity contribution is 0.253. The molecule has 0 spiro atoms. The first-order chi connectivity index (χ1) is 11.2. The van der Waals surface area contributed by atoms with Gasteiger partial charge in [-0.1, -0.05) is 23.7 Å². The van der Waals surface area contributed by atoms with Gasteiger partial charge >= 0.3 is 0 Å². The van der Waals surface area contributed by atoms with Crippen molar-refractivity contribution in [3.63, 3.8) is 0 Å². The van der Waals surface area contributed by atoms with Crippen molar-refractivity contribution in [3.05, 3.63) is 52.7 Å². The van der Waals surface area contributed by atoms with E-state index in [-0.39, 0.29) is 6.61 Å². The summed E-state index contributed by atoms with van der Waals surface area (Å²) in [5, 5.41) is 13.3. The van der Waals surface area contributed by atoms with Crippen molar-refractivity contribution in [1.82, 2.24) is 4.98 Å². The quantitative estimate of drug-likeness (QED) is 0.877. The summed E-state index contributed by atoms with van der Waals surface area (Å²) in [4.78, 5) is 4.36. The van der Waals surface area contributed by atoms with E-state index in [1.54, 1.807) is 6.07 Å². The predicted octanol–water partition coefficient (Wildman–Crippen LogP) is 3.67. The van der Waals surface area contributed by atoms with Gasteiger partial charge in [-0.2, -0.15) is 0 Å². The summed E-state index contributed by atoms with van der Waals surface area (Å²) in [7, 11) is 0. The fourth-order valence-electron chi connectivity index (χ4n) is 2.80. The third kappa shape index (κ3) is 4.36. The van der Waals surface area contributed by atoms with Gasteiger partial charge in [0.15, 0.2) is 11.6 Å². The Morgan fingerprint density at radius 2 is 2.22 bits per heavy atom. The average molecular weight is 333 g/mol. The molecule has 2 N–H and O–H groups in total. The third-order valence-corrected chi connectivity index (χ3v) is 4.31. The van der Waals surface area contributed by atoms with Gasteiger partial charge in [0.05, 0.1) is 18.9 Å². The summed E-state index contributed by atoms with van der Waals surface area (Å²) in [5.41, 5.74) is 1.93. The van der Waals surface area contributed by atoms with E-state index < -0.39 is 0 Å². The number of aromatic nitrogens is 1. The summed E-state index contributed by atoms with van der Waals surface area (Å²) in [5.74, 6) is 1.94. The molecule has 1 atom stereocenters. The Morgan fingerprint density at radius 1 is 1.30 bits per heavy atom. The lowest BCUT2D eigenvalue weighted by atomic mass is 10.00. The van der Waals surface area contributed by atoms with Crippen molar-refractivity contribution < 1.29 is 9.84 Å². The molecule has 1 unspecified atom stereocenters. The number of aryl methyl sites for hydroxylation is 1. The minimum Gasteiger partial charge on any atom is -0.489 e. The predicted molar refractivity (Wildman–Crippen MR) is 92.0 cm³/mol. The number of rotatable bonds is 5. The number of ether oxygens (including phenoxy) is 1. The van der Waals surface area contributed by atoms with Crippen LogP contribution in [0.4, 0.5) is 5.82 Å². The van der Waals surface area contributed by atoms with Crippen LogP contribution in [0.15, 0.2) is 36.4 Å². The number of hydrogen-bond donors (Lipinski definition) is 2. The summed E-state index contributed by atoms with van der Waals surface area (Å²) < 4.78 is 5.85. The molecule has 2 heterocycles. The maximum absolute atomic E-state index is 9.16. The van der Waals surface area contributed by atoms with E-state index in [4.69, 9.17) is 21.4 Å². The molecule has 0 fully saturated rings. The van der Waals surface area contributed by atoms with Crippen LogP contribution in [0.1, 0.15) is 24.1 Å². The van der Waals surface area contributed by atoms with E-state index in [0.717, 1.165) is 42.4 Å². The maximum Gasteiger partial charge on any atom is 0.169 e. The van der Waals surface area contributed by atoms with Crippen LogP contribution in [0.2, 0.25) is 5.02 Å². The third-order valence-electron chi connectivity index (χ3n) is 4.08. The SMILES string of the molecule is OCc1ccc2c(n1)NCC(CCCc1cccc(Cl)c1)CO2. The van der Waals surface area contributed by atoms with Gasteiger partial charge in [0.25, 0.3) is 0 Å². The molecule has 1 aromatic heterocycles. The van der Waals surface area contributed by atoms with Gasteiger partial charge in [-0.15, -0.1) is 0 Å². The van der Waals surface area contributed by atoms with E-state index >= 15 is 0 Å². The molecule has 1 aliphatic heterocycles. The smallest absolute Gasteiger partial charge is 0.169 e. The molecule has 1 aromatic carbocycles. The minimum atomic E-state index is -0.0575. The van der Waals surface area contributed by atoms with E-state index in [2.05, 4.69) is 16.4 Å². The normalized spacial score (nSPS) is 16.9. The molecule has 0 aliphatic carbocycles. The van der Waals surface area contributed by atoms with Crippen LogP contribution in [0.3, 0.4) is 0 Å². The molecular weight excluding hydrogens is 312 g/mol. The number of fused-ring (bicyclic) bond motifs is 1. The fraction of sp³-hybridized carbons (Fsp3) is 0.389. The van der Waals surface area contributed by atoms with Gasteiger partial charge in [-0.3, -0.25) is 0 Å². The van der Waals surface area contributed by atoms with Gasteiger partial charge in [0, 0.05) is 17.5 Å². The van der Waals surface area contributed by atoms with Crippen molar-refractivity contribution >= 4 is 17.4 Å². The molecule has 2 aromatic rings. The van der Waals surface area contributed by atoms with Crippen LogP contribution in [-0.4, -0.2) is 23.2 Å². The lowest BCUT2D eigenvalue weighted by Crippen LogP contribution is -2.18. The first-order valence-electron chi connectivity index (χ1n) is 7.96. The number of aliphatic hydroxyl groups is 1. The highest BCUT2D eigenvalue weighted by Crippen LogP contribution is 2.27. The zero-order chi connectivity index (χ0) is 16.1. The summed E-state index contributed by atoms with van der Waals surface area (Å²) >= 11 is 6.02. The highest BCUT2D eigenvalue weighted by Gasteiger charge is 2.17. The molecule has 1 aliphatic rings. The second-order valence-electron chi connectivity index (χ2n) is 5.89. The zero-order valence-electron chi connectivity index (χ0n) is 13.0. The second-order valence-corrected chi connectivity index (χ2v) is 6.32. The monoisotopic (exact) mass is 332 g/mol. The Kier molecular flexibility index (Phi) is 5.36. The van der Waals surface area contributed by atoms with E-state index in [1.165, 1.54) is 5.56 Å². The molecule has 0 saturated heterocycles. The first-order valence-corrected chi connectivity index (χ1v) is 8.34. The Bertz CT molecular complexity index is 663. The maximum atomic E-state index is 9.16. The molecule has 3 rings (SSSR count). The fourth-order valence-corrected chi connectivity index (χ4v) is 3.01. The van der Waals surface area contributed by atoms with E-state index in [0.29, 0.717) is 18.2 Å². The summed E-state index contributed by atoms with van der Waals surface area (Å²) in [6, 6.07) is 11.7. The molecule has 122 valence electrons. The molecule has 0 amide bonds. The van der Waals surface area contributed by atoms with Crippen LogP contribution >= 0.6 is 11.6 Å². The van der Waals surface area contributed by atoms with Crippen LogP contribution < -0.4 is 10.1 Å². The van der Waals surface area contributed by atoms with Crippen molar-refractivity contribution in [3.8, 4) is 5.75 Å². The number of anilines is 1. The topological polar surface area (TPSA) is 54.4 Å². The van der Waals surface area contributed by atoms with Gasteiger partial charge < -0.3 is 15.2 Å². The van der Waals surface area contributed by atoms with Gasteiger partial charge in [-0.25, -0.2) is 4.98 Å². The van der Waals surface area contributed by atoms with E-state index in [1.807, 2.05) is 24.3 Å². The van der Waals surface area contributed by atoms with Crippen LogP contribution in [0.5, 0.6) is 5.75 Å². The zero-order valence-corrected chi connectivity index (χ0v) is 13.7. The second kappa shape index (κ2) is 7.66. The summed E-state index contributed by atoms with van der Waals surface area (Å²) in [6.07, 6.45) is 3.21. The van der Waals surface area contributed by atoms with Gasteiger partial charge in [-0.05, 0) is 49.1 Å². The average Bonchev–Trinajstić information content (AvgIpc) is 2.77. The number of pyridine rings is 1. The number of hydrogen-bond acceptors (Lipinski definition) is 4. The number of nitrogens with one attached hydrogen (secondary N) is 1. The van der Waals surface area contributed by atoms with E-state index in [9.17, 15) is 0 Å². The summed E-state index contributed by atoms with van der Waals surface area (Å²) in [6.45, 7) is 1.47. The van der Waals surface area contributed by atoms with Crippen molar-refractivity contribution in [2.45, 2.75) is 25.9 Å².